The lowest BCUT2D eigenvalue weighted by molar-refractivity contribution is 0.00578. The van der Waals surface area contributed by atoms with Crippen LogP contribution in [0, 0.1) is 0 Å². The Morgan fingerprint density at radius 1 is 1.27 bits per heavy atom. The molecule has 2 rings (SSSR count). The Morgan fingerprint density at radius 3 is 2.36 bits per heavy atom. The second-order valence-corrected chi connectivity index (χ2v) is 6.44. The third-order valence-electron chi connectivity index (χ3n) is 4.35. The van der Waals surface area contributed by atoms with Gasteiger partial charge in [0.15, 0.2) is 0 Å². The lowest BCUT2D eigenvalue weighted by Crippen LogP contribution is -2.41. The van der Waals surface area contributed by atoms with E-state index in [1.807, 2.05) is 33.8 Å². The molecule has 6 heteroatoms. The van der Waals surface area contributed by atoms with Crippen LogP contribution in [0.25, 0.3) is 6.08 Å². The van der Waals surface area contributed by atoms with Crippen LogP contribution in [-0.4, -0.2) is 37.1 Å². The highest BCUT2D eigenvalue weighted by Crippen LogP contribution is 2.39. The number of phenols is 1. The molecule has 0 atom stereocenters. The fourth-order valence-corrected chi connectivity index (χ4v) is 2.24. The summed E-state index contributed by atoms with van der Waals surface area (Å²) in [5, 5.41) is 9.53. The van der Waals surface area contributed by atoms with Gasteiger partial charge in [0.05, 0.1) is 18.3 Å². The van der Waals surface area contributed by atoms with Crippen molar-refractivity contribution < 1.29 is 19.2 Å². The minimum atomic E-state index is -0.492. The lowest BCUT2D eigenvalue weighted by atomic mass is 9.77. The third-order valence-corrected chi connectivity index (χ3v) is 4.35. The molecule has 1 saturated heterocycles. The van der Waals surface area contributed by atoms with E-state index in [0.29, 0.717) is 12.3 Å². The molecule has 0 bridgehead atoms. The van der Waals surface area contributed by atoms with Gasteiger partial charge in [0.2, 0.25) is 0 Å². The Balaban J connectivity index is 2.34. The van der Waals surface area contributed by atoms with E-state index in [2.05, 4.69) is 0 Å². The van der Waals surface area contributed by atoms with E-state index >= 15 is 0 Å². The lowest BCUT2D eigenvalue weighted by Gasteiger charge is -2.32. The maximum atomic E-state index is 9.53. The van der Waals surface area contributed by atoms with Crippen LogP contribution in [0.3, 0.4) is 0 Å². The van der Waals surface area contributed by atoms with Crippen molar-refractivity contribution in [2.75, 3.05) is 13.7 Å². The molecule has 0 amide bonds. The highest BCUT2D eigenvalue weighted by atomic mass is 16.7. The Kier molecular flexibility index (Phi) is 4.56. The largest absolute Gasteiger partial charge is 0.508 e. The summed E-state index contributed by atoms with van der Waals surface area (Å²) >= 11 is 0. The minimum absolute atomic E-state index is 0.152. The third kappa shape index (κ3) is 3.14. The van der Waals surface area contributed by atoms with Crippen molar-refractivity contribution in [3.63, 3.8) is 0 Å². The van der Waals surface area contributed by atoms with Gasteiger partial charge in [-0.15, -0.1) is 0 Å². The number of aromatic hydroxyl groups is 1. The zero-order valence-corrected chi connectivity index (χ0v) is 13.8. The standard InChI is InChI=1S/C16H24BNO4/c1-15(2)16(3,4)22-17(21-15)12(10-18)8-11-6-7-13(19)9-14(11)20-5/h6-9,19H,10,18H2,1-5H3. The summed E-state index contributed by atoms with van der Waals surface area (Å²) in [5.41, 5.74) is 6.69. The van der Waals surface area contributed by atoms with Crippen molar-refractivity contribution >= 4 is 13.2 Å². The summed E-state index contributed by atoms with van der Waals surface area (Å²) < 4.78 is 17.3. The van der Waals surface area contributed by atoms with Crippen LogP contribution in [0.2, 0.25) is 0 Å². The molecule has 1 aliphatic heterocycles. The molecule has 0 radical (unpaired) electrons. The molecule has 5 nitrogen and oxygen atoms in total. The fraction of sp³-hybridized carbons (Fsp3) is 0.500. The van der Waals surface area contributed by atoms with Crippen LogP contribution in [0.1, 0.15) is 33.3 Å². The van der Waals surface area contributed by atoms with Crippen molar-refractivity contribution in [2.24, 2.45) is 5.73 Å². The SMILES string of the molecule is COc1cc(O)ccc1C=C(CN)B1OC(C)(C)C(C)(C)O1. The highest BCUT2D eigenvalue weighted by Gasteiger charge is 2.52. The fourth-order valence-electron chi connectivity index (χ4n) is 2.24. The topological polar surface area (TPSA) is 73.9 Å². The van der Waals surface area contributed by atoms with E-state index in [1.165, 1.54) is 0 Å². The van der Waals surface area contributed by atoms with Crippen LogP contribution < -0.4 is 10.5 Å². The highest BCUT2D eigenvalue weighted by molar-refractivity contribution is 6.55. The molecule has 1 aromatic rings. The first-order chi connectivity index (χ1) is 10.2. The predicted octanol–water partition coefficient (Wildman–Crippen LogP) is 2.37. The normalized spacial score (nSPS) is 20.3. The average Bonchev–Trinajstić information content (AvgIpc) is 2.65. The molecule has 0 aromatic heterocycles. The molecule has 1 fully saturated rings. The van der Waals surface area contributed by atoms with Crippen molar-refractivity contribution in [3.8, 4) is 11.5 Å². The van der Waals surface area contributed by atoms with Crippen LogP contribution in [0.15, 0.2) is 23.7 Å². The molecule has 1 aromatic carbocycles. The maximum absolute atomic E-state index is 9.53. The van der Waals surface area contributed by atoms with Gasteiger partial charge in [0, 0.05) is 18.2 Å². The molecule has 0 aliphatic carbocycles. The molecule has 22 heavy (non-hydrogen) atoms. The number of ether oxygens (including phenoxy) is 1. The monoisotopic (exact) mass is 305 g/mol. The zero-order chi connectivity index (χ0) is 16.5. The van der Waals surface area contributed by atoms with Gasteiger partial charge < -0.3 is 24.9 Å². The Labute approximate surface area is 132 Å². The number of benzene rings is 1. The average molecular weight is 305 g/mol. The van der Waals surface area contributed by atoms with E-state index in [0.717, 1.165) is 11.0 Å². The summed E-state index contributed by atoms with van der Waals surface area (Å²) in [6.07, 6.45) is 1.89. The van der Waals surface area contributed by atoms with Gasteiger partial charge >= 0.3 is 7.12 Å². The first-order valence-electron chi connectivity index (χ1n) is 7.33. The molecule has 3 N–H and O–H groups in total. The molecular weight excluding hydrogens is 281 g/mol. The van der Waals surface area contributed by atoms with E-state index in [-0.39, 0.29) is 5.75 Å². The number of hydrogen-bond donors (Lipinski definition) is 2. The number of methoxy groups -OCH3 is 1. The number of hydrogen-bond acceptors (Lipinski definition) is 5. The van der Waals surface area contributed by atoms with Crippen molar-refractivity contribution in [1.82, 2.24) is 0 Å². The van der Waals surface area contributed by atoms with E-state index in [9.17, 15) is 5.11 Å². The summed E-state index contributed by atoms with van der Waals surface area (Å²) in [4.78, 5) is 0. The Bertz CT molecular complexity index is 568. The minimum Gasteiger partial charge on any atom is -0.508 e. The Morgan fingerprint density at radius 2 is 1.86 bits per heavy atom. The predicted molar refractivity (Wildman–Crippen MR) is 87.8 cm³/mol. The van der Waals surface area contributed by atoms with Gasteiger partial charge in [0.1, 0.15) is 11.5 Å². The van der Waals surface area contributed by atoms with Gasteiger partial charge in [-0.05, 0) is 45.3 Å². The Hall–Kier alpha value is -1.50. The molecular formula is C16H24BNO4. The van der Waals surface area contributed by atoms with Gasteiger partial charge in [-0.2, -0.15) is 0 Å². The van der Waals surface area contributed by atoms with Crippen molar-refractivity contribution in [2.45, 2.75) is 38.9 Å². The van der Waals surface area contributed by atoms with Crippen molar-refractivity contribution in [3.05, 3.63) is 29.2 Å². The smallest absolute Gasteiger partial charge is 0.491 e. The van der Waals surface area contributed by atoms with Gasteiger partial charge in [-0.3, -0.25) is 0 Å². The second-order valence-electron chi connectivity index (χ2n) is 6.44. The molecule has 0 unspecified atom stereocenters. The molecule has 120 valence electrons. The second kappa shape index (κ2) is 5.95. The van der Waals surface area contributed by atoms with Gasteiger partial charge in [0.25, 0.3) is 0 Å². The van der Waals surface area contributed by atoms with E-state index < -0.39 is 18.3 Å². The zero-order valence-electron chi connectivity index (χ0n) is 13.8. The van der Waals surface area contributed by atoms with E-state index in [4.69, 9.17) is 19.8 Å². The summed E-state index contributed by atoms with van der Waals surface area (Å²) in [7, 11) is 1.07. The number of phenolic OH excluding ortho intramolecular Hbond substituents is 1. The molecule has 1 heterocycles. The number of rotatable bonds is 4. The van der Waals surface area contributed by atoms with Crippen LogP contribution in [0.4, 0.5) is 0 Å². The van der Waals surface area contributed by atoms with Crippen LogP contribution in [0.5, 0.6) is 11.5 Å². The van der Waals surface area contributed by atoms with Gasteiger partial charge in [-0.1, -0.05) is 6.08 Å². The summed E-state index contributed by atoms with van der Waals surface area (Å²) in [6, 6.07) is 4.94. The quantitative estimate of drug-likeness (QED) is 0.835. The van der Waals surface area contributed by atoms with Crippen molar-refractivity contribution in [1.29, 1.82) is 0 Å². The number of nitrogens with two attached hydrogens (primary N) is 1. The first kappa shape index (κ1) is 16.9. The maximum Gasteiger partial charge on any atom is 0.491 e. The van der Waals surface area contributed by atoms with Crippen LogP contribution >= 0.6 is 0 Å². The van der Waals surface area contributed by atoms with Crippen LogP contribution in [-0.2, 0) is 9.31 Å². The summed E-state index contributed by atoms with van der Waals surface area (Å²) in [6.45, 7) is 8.32. The molecule has 0 spiro atoms. The van der Waals surface area contributed by atoms with Gasteiger partial charge in [-0.25, -0.2) is 0 Å². The molecule has 0 saturated carbocycles. The summed E-state index contributed by atoms with van der Waals surface area (Å²) in [5.74, 6) is 0.724. The van der Waals surface area contributed by atoms with E-state index in [1.54, 1.807) is 25.3 Å². The first-order valence-corrected chi connectivity index (χ1v) is 7.33. The molecule has 1 aliphatic rings.